The van der Waals surface area contributed by atoms with Crippen LogP contribution in [0.4, 0.5) is 5.69 Å². The lowest BCUT2D eigenvalue weighted by molar-refractivity contribution is 0.767. The molecular weight excluding hydrogens is 266 g/mol. The highest BCUT2D eigenvalue weighted by molar-refractivity contribution is 9.10. The molecule has 0 fully saturated rings. The van der Waals surface area contributed by atoms with E-state index in [1.165, 1.54) is 5.56 Å². The van der Waals surface area contributed by atoms with Crippen molar-refractivity contribution in [1.82, 2.24) is 9.78 Å². The van der Waals surface area contributed by atoms with E-state index in [2.05, 4.69) is 57.5 Å². The summed E-state index contributed by atoms with van der Waals surface area (Å²) >= 11 is 3.43. The van der Waals surface area contributed by atoms with Crippen molar-refractivity contribution in [2.45, 2.75) is 13.0 Å². The minimum atomic E-state index is 0.275. The molecular formula is C12H14BrN3. The van der Waals surface area contributed by atoms with Crippen LogP contribution in [0.15, 0.2) is 41.1 Å². The predicted octanol–water partition coefficient (Wildman–Crippen LogP) is 3.36. The minimum Gasteiger partial charge on any atom is -0.376 e. The molecule has 2 rings (SSSR count). The van der Waals surface area contributed by atoms with Crippen molar-refractivity contribution in [3.63, 3.8) is 0 Å². The standard InChI is InChI=1S/C12H14BrN3/c1-9(10-3-5-11(13)6-4-10)15-12-7-14-16(2)8-12/h3-9,15H,1-2H3. The number of nitrogens with one attached hydrogen (secondary N) is 1. The Morgan fingerprint density at radius 2 is 2.00 bits per heavy atom. The Bertz CT molecular complexity index is 461. The summed E-state index contributed by atoms with van der Waals surface area (Å²) in [5.74, 6) is 0. The van der Waals surface area contributed by atoms with Gasteiger partial charge in [-0.1, -0.05) is 28.1 Å². The fourth-order valence-corrected chi connectivity index (χ4v) is 1.84. The second-order valence-corrected chi connectivity index (χ2v) is 4.74. The summed E-state index contributed by atoms with van der Waals surface area (Å²) in [5.41, 5.74) is 2.30. The Balaban J connectivity index is 2.08. The number of nitrogens with zero attached hydrogens (tertiary/aromatic N) is 2. The van der Waals surface area contributed by atoms with Gasteiger partial charge in [0.25, 0.3) is 0 Å². The first-order chi connectivity index (χ1) is 7.65. The lowest BCUT2D eigenvalue weighted by Crippen LogP contribution is -2.05. The van der Waals surface area contributed by atoms with E-state index in [4.69, 9.17) is 0 Å². The second kappa shape index (κ2) is 4.70. The molecule has 0 bridgehead atoms. The summed E-state index contributed by atoms with van der Waals surface area (Å²) < 4.78 is 2.89. The van der Waals surface area contributed by atoms with Crippen LogP contribution < -0.4 is 5.32 Å². The van der Waals surface area contributed by atoms with Crippen LogP contribution in [0.1, 0.15) is 18.5 Å². The highest BCUT2D eigenvalue weighted by Crippen LogP contribution is 2.20. The average molecular weight is 280 g/mol. The maximum absolute atomic E-state index is 4.12. The summed E-state index contributed by atoms with van der Waals surface area (Å²) in [7, 11) is 1.91. The highest BCUT2D eigenvalue weighted by atomic mass is 79.9. The molecule has 1 heterocycles. The molecule has 16 heavy (non-hydrogen) atoms. The monoisotopic (exact) mass is 279 g/mol. The molecule has 1 atom stereocenters. The Morgan fingerprint density at radius 3 is 2.56 bits per heavy atom. The molecule has 3 nitrogen and oxygen atoms in total. The highest BCUT2D eigenvalue weighted by Gasteiger charge is 2.05. The first-order valence-corrected chi connectivity index (χ1v) is 5.95. The number of benzene rings is 1. The van der Waals surface area contributed by atoms with E-state index in [1.54, 1.807) is 4.68 Å². The fourth-order valence-electron chi connectivity index (χ4n) is 1.58. The van der Waals surface area contributed by atoms with E-state index in [1.807, 2.05) is 19.4 Å². The van der Waals surface area contributed by atoms with Gasteiger partial charge in [-0.05, 0) is 24.6 Å². The molecule has 2 aromatic rings. The van der Waals surface area contributed by atoms with Gasteiger partial charge >= 0.3 is 0 Å². The fraction of sp³-hybridized carbons (Fsp3) is 0.250. The number of rotatable bonds is 3. The van der Waals surface area contributed by atoms with Gasteiger partial charge in [0.15, 0.2) is 0 Å². The molecule has 0 aliphatic rings. The molecule has 1 aromatic carbocycles. The SMILES string of the molecule is CC(Nc1cnn(C)c1)c1ccc(Br)cc1. The first-order valence-electron chi connectivity index (χ1n) is 5.16. The first kappa shape index (κ1) is 11.2. The van der Waals surface area contributed by atoms with Gasteiger partial charge in [0.05, 0.1) is 11.9 Å². The van der Waals surface area contributed by atoms with Crippen LogP contribution in [-0.4, -0.2) is 9.78 Å². The van der Waals surface area contributed by atoms with Crippen molar-refractivity contribution in [3.05, 3.63) is 46.7 Å². The normalized spacial score (nSPS) is 12.4. The third-order valence-corrected chi connectivity index (χ3v) is 2.99. The van der Waals surface area contributed by atoms with Gasteiger partial charge in [0, 0.05) is 23.8 Å². The molecule has 0 aliphatic carbocycles. The van der Waals surface area contributed by atoms with Crippen LogP contribution in [0.3, 0.4) is 0 Å². The van der Waals surface area contributed by atoms with Crippen LogP contribution in [0.2, 0.25) is 0 Å². The molecule has 1 N–H and O–H groups in total. The maximum atomic E-state index is 4.12. The molecule has 0 amide bonds. The largest absolute Gasteiger partial charge is 0.376 e. The van der Waals surface area contributed by atoms with Crippen LogP contribution in [0, 0.1) is 0 Å². The zero-order chi connectivity index (χ0) is 11.5. The second-order valence-electron chi connectivity index (χ2n) is 3.82. The number of halogens is 1. The van der Waals surface area contributed by atoms with Crippen molar-refractivity contribution in [2.75, 3.05) is 5.32 Å². The molecule has 0 spiro atoms. The summed E-state index contributed by atoms with van der Waals surface area (Å²) in [6.07, 6.45) is 3.80. The smallest absolute Gasteiger partial charge is 0.0731 e. The zero-order valence-corrected chi connectivity index (χ0v) is 10.9. The summed E-state index contributed by atoms with van der Waals surface area (Å²) in [6.45, 7) is 2.14. The van der Waals surface area contributed by atoms with Gasteiger partial charge < -0.3 is 5.32 Å². The van der Waals surface area contributed by atoms with Gasteiger partial charge in [-0.15, -0.1) is 0 Å². The molecule has 1 unspecified atom stereocenters. The number of aromatic nitrogens is 2. The number of aryl methyl sites for hydroxylation is 1. The molecule has 4 heteroatoms. The quantitative estimate of drug-likeness (QED) is 0.934. The van der Waals surface area contributed by atoms with Crippen molar-refractivity contribution in [3.8, 4) is 0 Å². The van der Waals surface area contributed by atoms with E-state index in [0.717, 1.165) is 10.2 Å². The number of hydrogen-bond donors (Lipinski definition) is 1. The summed E-state index contributed by atoms with van der Waals surface area (Å²) in [4.78, 5) is 0. The van der Waals surface area contributed by atoms with E-state index in [0.29, 0.717) is 0 Å². The van der Waals surface area contributed by atoms with Crippen LogP contribution in [-0.2, 0) is 7.05 Å². The molecule has 1 aromatic heterocycles. The zero-order valence-electron chi connectivity index (χ0n) is 9.31. The average Bonchev–Trinajstić information content (AvgIpc) is 2.65. The van der Waals surface area contributed by atoms with Crippen molar-refractivity contribution in [2.24, 2.45) is 7.05 Å². The molecule has 0 saturated heterocycles. The molecule has 0 radical (unpaired) electrons. The minimum absolute atomic E-state index is 0.275. The van der Waals surface area contributed by atoms with Crippen LogP contribution >= 0.6 is 15.9 Å². The van der Waals surface area contributed by atoms with Gasteiger partial charge in [-0.25, -0.2) is 0 Å². The van der Waals surface area contributed by atoms with Crippen LogP contribution in [0.25, 0.3) is 0 Å². The van der Waals surface area contributed by atoms with Crippen molar-refractivity contribution < 1.29 is 0 Å². The van der Waals surface area contributed by atoms with Gasteiger partial charge in [-0.3, -0.25) is 4.68 Å². The molecule has 0 aliphatic heterocycles. The third kappa shape index (κ3) is 2.64. The Hall–Kier alpha value is -1.29. The lowest BCUT2D eigenvalue weighted by atomic mass is 10.1. The molecule has 0 saturated carbocycles. The summed E-state index contributed by atoms with van der Waals surface area (Å²) in [6, 6.07) is 8.60. The number of hydrogen-bond acceptors (Lipinski definition) is 2. The van der Waals surface area contributed by atoms with E-state index in [-0.39, 0.29) is 6.04 Å². The Labute approximate surface area is 104 Å². The maximum Gasteiger partial charge on any atom is 0.0731 e. The van der Waals surface area contributed by atoms with Gasteiger partial charge in [0.1, 0.15) is 0 Å². The Morgan fingerprint density at radius 1 is 1.31 bits per heavy atom. The van der Waals surface area contributed by atoms with E-state index < -0.39 is 0 Å². The van der Waals surface area contributed by atoms with Gasteiger partial charge in [-0.2, -0.15) is 5.10 Å². The predicted molar refractivity (Wildman–Crippen MR) is 69.4 cm³/mol. The summed E-state index contributed by atoms with van der Waals surface area (Å²) in [5, 5.41) is 7.52. The Kier molecular flexibility index (Phi) is 3.29. The van der Waals surface area contributed by atoms with E-state index in [9.17, 15) is 0 Å². The number of anilines is 1. The van der Waals surface area contributed by atoms with Crippen molar-refractivity contribution in [1.29, 1.82) is 0 Å². The lowest BCUT2D eigenvalue weighted by Gasteiger charge is -2.13. The molecule has 84 valence electrons. The van der Waals surface area contributed by atoms with Gasteiger partial charge in [0.2, 0.25) is 0 Å². The third-order valence-electron chi connectivity index (χ3n) is 2.46. The van der Waals surface area contributed by atoms with Crippen molar-refractivity contribution >= 4 is 21.6 Å². The van der Waals surface area contributed by atoms with Crippen LogP contribution in [0.5, 0.6) is 0 Å². The van der Waals surface area contributed by atoms with E-state index >= 15 is 0 Å². The topological polar surface area (TPSA) is 29.9 Å².